The minimum atomic E-state index is -0.232. The zero-order valence-electron chi connectivity index (χ0n) is 9.92. The van der Waals surface area contributed by atoms with Crippen LogP contribution in [0.4, 0.5) is 0 Å². The Balaban J connectivity index is 2.34. The average molecular weight is 229 g/mol. The van der Waals surface area contributed by atoms with Gasteiger partial charge in [0.1, 0.15) is 12.1 Å². The van der Waals surface area contributed by atoms with Crippen LogP contribution in [0.3, 0.4) is 0 Å². The largest absolute Gasteiger partial charge is 0.497 e. The first kappa shape index (κ1) is 11.5. The number of aromatic nitrogens is 2. The summed E-state index contributed by atoms with van der Waals surface area (Å²) in [6.07, 6.45) is 3.20. The van der Waals surface area contributed by atoms with Gasteiger partial charge in [0.2, 0.25) is 0 Å². The molecule has 1 aromatic heterocycles. The molecular formula is C13H15N3O. The zero-order valence-corrected chi connectivity index (χ0v) is 9.92. The second kappa shape index (κ2) is 4.93. The molecule has 2 aromatic rings. The Morgan fingerprint density at radius 2 is 2.12 bits per heavy atom. The fourth-order valence-electron chi connectivity index (χ4n) is 1.77. The van der Waals surface area contributed by atoms with Crippen LogP contribution in [0.15, 0.2) is 36.8 Å². The van der Waals surface area contributed by atoms with Crippen molar-refractivity contribution in [2.45, 2.75) is 13.0 Å². The van der Waals surface area contributed by atoms with Gasteiger partial charge in [-0.25, -0.2) is 9.97 Å². The first-order valence-corrected chi connectivity index (χ1v) is 5.38. The van der Waals surface area contributed by atoms with Gasteiger partial charge < -0.3 is 10.5 Å². The third-order valence-electron chi connectivity index (χ3n) is 2.74. The van der Waals surface area contributed by atoms with E-state index in [1.54, 1.807) is 13.3 Å². The second-order valence-electron chi connectivity index (χ2n) is 3.83. The SMILES string of the molecule is COc1ccc(C(N)c2ccncn2)c(C)c1. The minimum absolute atomic E-state index is 0.232. The molecule has 2 rings (SSSR count). The molecule has 0 spiro atoms. The van der Waals surface area contributed by atoms with Crippen LogP contribution in [0.1, 0.15) is 22.9 Å². The van der Waals surface area contributed by atoms with Gasteiger partial charge in [-0.15, -0.1) is 0 Å². The predicted octanol–water partition coefficient (Wildman–Crippen LogP) is 1.84. The van der Waals surface area contributed by atoms with Gasteiger partial charge in [0.25, 0.3) is 0 Å². The number of nitrogens with two attached hydrogens (primary N) is 1. The third-order valence-corrected chi connectivity index (χ3v) is 2.74. The number of ether oxygens (including phenoxy) is 1. The van der Waals surface area contributed by atoms with Crippen molar-refractivity contribution >= 4 is 0 Å². The number of benzene rings is 1. The van der Waals surface area contributed by atoms with Gasteiger partial charge in [-0.2, -0.15) is 0 Å². The van der Waals surface area contributed by atoms with Crippen molar-refractivity contribution in [1.29, 1.82) is 0 Å². The number of hydrogen-bond donors (Lipinski definition) is 1. The molecular weight excluding hydrogens is 214 g/mol. The van der Waals surface area contributed by atoms with Crippen LogP contribution >= 0.6 is 0 Å². The molecule has 0 bridgehead atoms. The van der Waals surface area contributed by atoms with Crippen molar-refractivity contribution in [2.75, 3.05) is 7.11 Å². The van der Waals surface area contributed by atoms with Gasteiger partial charge >= 0.3 is 0 Å². The lowest BCUT2D eigenvalue weighted by molar-refractivity contribution is 0.414. The molecule has 1 heterocycles. The summed E-state index contributed by atoms with van der Waals surface area (Å²) < 4.78 is 5.17. The van der Waals surface area contributed by atoms with Crippen LogP contribution < -0.4 is 10.5 Å². The molecule has 17 heavy (non-hydrogen) atoms. The zero-order chi connectivity index (χ0) is 12.3. The highest BCUT2D eigenvalue weighted by molar-refractivity contribution is 5.39. The maximum absolute atomic E-state index is 6.18. The summed E-state index contributed by atoms with van der Waals surface area (Å²) in [5, 5.41) is 0. The summed E-state index contributed by atoms with van der Waals surface area (Å²) in [7, 11) is 1.65. The predicted molar refractivity (Wildman–Crippen MR) is 65.8 cm³/mol. The molecule has 4 nitrogen and oxygen atoms in total. The summed E-state index contributed by atoms with van der Waals surface area (Å²) in [5.41, 5.74) is 9.13. The molecule has 0 saturated carbocycles. The Labute approximate surface area is 100 Å². The summed E-state index contributed by atoms with van der Waals surface area (Å²) >= 11 is 0. The molecule has 0 aliphatic carbocycles. The van der Waals surface area contributed by atoms with Gasteiger partial charge in [0, 0.05) is 6.20 Å². The van der Waals surface area contributed by atoms with Crippen molar-refractivity contribution < 1.29 is 4.74 Å². The molecule has 0 radical (unpaired) electrons. The number of hydrogen-bond acceptors (Lipinski definition) is 4. The van der Waals surface area contributed by atoms with E-state index in [0.29, 0.717) is 0 Å². The lowest BCUT2D eigenvalue weighted by Crippen LogP contribution is -2.14. The van der Waals surface area contributed by atoms with E-state index in [1.165, 1.54) is 6.33 Å². The lowest BCUT2D eigenvalue weighted by atomic mass is 9.99. The molecule has 1 aromatic carbocycles. The first-order chi connectivity index (χ1) is 8.22. The van der Waals surface area contributed by atoms with Crippen molar-refractivity contribution in [3.63, 3.8) is 0 Å². The van der Waals surface area contributed by atoms with Gasteiger partial charge in [0.15, 0.2) is 0 Å². The van der Waals surface area contributed by atoms with Crippen molar-refractivity contribution in [3.8, 4) is 5.75 Å². The van der Waals surface area contributed by atoms with Crippen LogP contribution in [0.5, 0.6) is 5.75 Å². The van der Waals surface area contributed by atoms with Crippen molar-refractivity contribution in [3.05, 3.63) is 53.6 Å². The summed E-state index contributed by atoms with van der Waals surface area (Å²) in [5.74, 6) is 0.834. The molecule has 88 valence electrons. The Morgan fingerprint density at radius 1 is 1.29 bits per heavy atom. The molecule has 0 saturated heterocycles. The minimum Gasteiger partial charge on any atom is -0.497 e. The highest BCUT2D eigenvalue weighted by Crippen LogP contribution is 2.24. The summed E-state index contributed by atoms with van der Waals surface area (Å²) in [4.78, 5) is 8.06. The van der Waals surface area contributed by atoms with E-state index < -0.39 is 0 Å². The first-order valence-electron chi connectivity index (χ1n) is 5.38. The molecule has 4 heteroatoms. The summed E-state index contributed by atoms with van der Waals surface area (Å²) in [6.45, 7) is 2.01. The van der Waals surface area contributed by atoms with E-state index in [2.05, 4.69) is 9.97 Å². The van der Waals surface area contributed by atoms with E-state index >= 15 is 0 Å². The maximum atomic E-state index is 6.18. The Kier molecular flexibility index (Phi) is 3.35. The van der Waals surface area contributed by atoms with Crippen LogP contribution in [-0.4, -0.2) is 17.1 Å². The van der Waals surface area contributed by atoms with E-state index in [1.807, 2.05) is 31.2 Å². The Bertz CT molecular complexity index is 499. The molecule has 0 fully saturated rings. The van der Waals surface area contributed by atoms with E-state index in [0.717, 1.165) is 22.6 Å². The normalized spacial score (nSPS) is 12.2. The second-order valence-corrected chi connectivity index (χ2v) is 3.83. The fourth-order valence-corrected chi connectivity index (χ4v) is 1.77. The number of nitrogens with zero attached hydrogens (tertiary/aromatic N) is 2. The smallest absolute Gasteiger partial charge is 0.119 e. The molecule has 1 atom stereocenters. The van der Waals surface area contributed by atoms with E-state index in [9.17, 15) is 0 Å². The van der Waals surface area contributed by atoms with Crippen molar-refractivity contribution in [2.24, 2.45) is 5.73 Å². The standard InChI is InChI=1S/C13H15N3O/c1-9-7-10(17-2)3-4-11(9)13(14)12-5-6-15-8-16-12/h3-8,13H,14H2,1-2H3. The van der Waals surface area contributed by atoms with Crippen LogP contribution in [0.25, 0.3) is 0 Å². The van der Waals surface area contributed by atoms with Gasteiger partial charge in [-0.1, -0.05) is 6.07 Å². The highest BCUT2D eigenvalue weighted by atomic mass is 16.5. The highest BCUT2D eigenvalue weighted by Gasteiger charge is 2.12. The average Bonchev–Trinajstić information content (AvgIpc) is 2.39. The Hall–Kier alpha value is -1.94. The topological polar surface area (TPSA) is 61.0 Å². The van der Waals surface area contributed by atoms with Crippen molar-refractivity contribution in [1.82, 2.24) is 9.97 Å². The van der Waals surface area contributed by atoms with Gasteiger partial charge in [-0.3, -0.25) is 0 Å². The monoisotopic (exact) mass is 229 g/mol. The Morgan fingerprint density at radius 3 is 2.71 bits per heavy atom. The fraction of sp³-hybridized carbons (Fsp3) is 0.231. The van der Waals surface area contributed by atoms with Gasteiger partial charge in [-0.05, 0) is 36.2 Å². The van der Waals surface area contributed by atoms with Crippen LogP contribution in [-0.2, 0) is 0 Å². The van der Waals surface area contributed by atoms with Crippen LogP contribution in [0, 0.1) is 6.92 Å². The van der Waals surface area contributed by atoms with Crippen LogP contribution in [0.2, 0.25) is 0 Å². The lowest BCUT2D eigenvalue weighted by Gasteiger charge is -2.14. The molecule has 0 aliphatic heterocycles. The van der Waals surface area contributed by atoms with E-state index in [-0.39, 0.29) is 6.04 Å². The molecule has 1 unspecified atom stereocenters. The quantitative estimate of drug-likeness (QED) is 0.872. The van der Waals surface area contributed by atoms with Gasteiger partial charge in [0.05, 0.1) is 18.8 Å². The van der Waals surface area contributed by atoms with E-state index in [4.69, 9.17) is 10.5 Å². The molecule has 0 amide bonds. The summed E-state index contributed by atoms with van der Waals surface area (Å²) in [6, 6.07) is 7.44. The number of rotatable bonds is 3. The maximum Gasteiger partial charge on any atom is 0.119 e. The molecule has 2 N–H and O–H groups in total. The molecule has 0 aliphatic rings. The number of methoxy groups -OCH3 is 1. The number of aryl methyl sites for hydroxylation is 1. The third kappa shape index (κ3) is 2.42.